The van der Waals surface area contributed by atoms with Crippen molar-refractivity contribution in [1.29, 1.82) is 0 Å². The fourth-order valence-electron chi connectivity index (χ4n) is 4.61. The molecule has 0 radical (unpaired) electrons. The van der Waals surface area contributed by atoms with Crippen molar-refractivity contribution in [3.05, 3.63) is 71.3 Å². The van der Waals surface area contributed by atoms with Gasteiger partial charge in [0, 0.05) is 13.0 Å². The maximum absolute atomic E-state index is 14.0. The summed E-state index contributed by atoms with van der Waals surface area (Å²) < 4.78 is 10.9. The fraction of sp³-hybridized carbons (Fsp3) is 0.500. The number of rotatable bonds is 10. The zero-order valence-corrected chi connectivity index (χ0v) is 25.0. The van der Waals surface area contributed by atoms with E-state index in [0.29, 0.717) is 19.4 Å². The number of esters is 1. The number of ether oxygens (including phenoxy) is 2. The Morgan fingerprint density at radius 3 is 2.24 bits per heavy atom. The zero-order valence-electron chi connectivity index (χ0n) is 25.0. The van der Waals surface area contributed by atoms with Crippen LogP contribution in [0.15, 0.2) is 54.6 Å². The predicted molar refractivity (Wildman–Crippen MR) is 156 cm³/mol. The van der Waals surface area contributed by atoms with Gasteiger partial charge in [-0.1, -0.05) is 67.1 Å². The van der Waals surface area contributed by atoms with E-state index in [0.717, 1.165) is 16.7 Å². The molecule has 1 aliphatic heterocycles. The standard InChI is InChI=1S/C32H43N3O6/c1-7-32(6,34-30(39)41-31(3,4)5)29(38)33-25(20-23-17-15-22(2)16-18-23)27(36)35-19-11-14-26(35)28(37)40-21-24-12-9-8-10-13-24/h8-10,12-13,15-18,25-26H,7,11,14,19-21H2,1-6H3,(H,33,38)(H,34,39)/t25-,26+,32-/m0/s1. The predicted octanol–water partition coefficient (Wildman–Crippen LogP) is 4.45. The summed E-state index contributed by atoms with van der Waals surface area (Å²) in [5.41, 5.74) is 0.723. The molecule has 0 saturated carbocycles. The molecule has 0 aromatic heterocycles. The highest BCUT2D eigenvalue weighted by molar-refractivity contribution is 5.95. The molecular weight excluding hydrogens is 522 g/mol. The molecule has 1 aliphatic rings. The van der Waals surface area contributed by atoms with Crippen molar-refractivity contribution < 1.29 is 28.7 Å². The number of benzene rings is 2. The summed E-state index contributed by atoms with van der Waals surface area (Å²) in [6.07, 6.45) is 0.895. The normalized spacial score (nSPS) is 17.2. The van der Waals surface area contributed by atoms with Gasteiger partial charge < -0.3 is 25.0 Å². The molecule has 0 unspecified atom stereocenters. The van der Waals surface area contributed by atoms with E-state index in [2.05, 4.69) is 10.6 Å². The van der Waals surface area contributed by atoms with Gasteiger partial charge in [-0.15, -0.1) is 0 Å². The van der Waals surface area contributed by atoms with Crippen molar-refractivity contribution in [2.75, 3.05) is 6.54 Å². The Balaban J connectivity index is 1.79. The fourth-order valence-corrected chi connectivity index (χ4v) is 4.61. The lowest BCUT2D eigenvalue weighted by Crippen LogP contribution is -2.61. The third-order valence-corrected chi connectivity index (χ3v) is 7.18. The molecule has 1 fully saturated rings. The van der Waals surface area contributed by atoms with Crippen LogP contribution >= 0.6 is 0 Å². The lowest BCUT2D eigenvalue weighted by atomic mass is 9.96. The number of aryl methyl sites for hydroxylation is 1. The molecule has 41 heavy (non-hydrogen) atoms. The SMILES string of the molecule is CC[C@](C)(NC(=O)OC(C)(C)C)C(=O)N[C@@H](Cc1ccc(C)cc1)C(=O)N1CCC[C@@H]1C(=O)OCc1ccccc1. The average molecular weight is 566 g/mol. The van der Waals surface area contributed by atoms with Crippen molar-refractivity contribution in [3.63, 3.8) is 0 Å². The van der Waals surface area contributed by atoms with Crippen LogP contribution in [0, 0.1) is 6.92 Å². The number of hydrogen-bond donors (Lipinski definition) is 2. The molecule has 2 aromatic carbocycles. The first kappa shape index (κ1) is 31.6. The Hall–Kier alpha value is -3.88. The summed E-state index contributed by atoms with van der Waals surface area (Å²) in [4.78, 5) is 54.7. The van der Waals surface area contributed by atoms with E-state index in [-0.39, 0.29) is 25.4 Å². The van der Waals surface area contributed by atoms with Gasteiger partial charge in [-0.05, 0) is 65.0 Å². The van der Waals surface area contributed by atoms with Gasteiger partial charge in [0.25, 0.3) is 0 Å². The first-order valence-electron chi connectivity index (χ1n) is 14.2. The number of hydrogen-bond acceptors (Lipinski definition) is 6. The summed E-state index contributed by atoms with van der Waals surface area (Å²) >= 11 is 0. The summed E-state index contributed by atoms with van der Waals surface area (Å²) in [5, 5.41) is 5.55. The van der Waals surface area contributed by atoms with Crippen LogP contribution in [-0.4, -0.2) is 58.5 Å². The quantitative estimate of drug-likeness (QED) is 0.412. The molecule has 0 spiro atoms. The summed E-state index contributed by atoms with van der Waals surface area (Å²) in [6, 6.07) is 15.4. The number of likely N-dealkylation sites (tertiary alicyclic amines) is 1. The van der Waals surface area contributed by atoms with Crippen LogP contribution < -0.4 is 10.6 Å². The molecular formula is C32H43N3O6. The number of alkyl carbamates (subject to hydrolysis) is 1. The van der Waals surface area contributed by atoms with E-state index in [9.17, 15) is 19.2 Å². The Morgan fingerprint density at radius 1 is 0.976 bits per heavy atom. The van der Waals surface area contributed by atoms with Crippen molar-refractivity contribution in [1.82, 2.24) is 15.5 Å². The van der Waals surface area contributed by atoms with Gasteiger partial charge in [-0.2, -0.15) is 0 Å². The Kier molecular flexibility index (Phi) is 10.5. The van der Waals surface area contributed by atoms with Gasteiger partial charge in [0.2, 0.25) is 11.8 Å². The molecule has 0 bridgehead atoms. The van der Waals surface area contributed by atoms with Gasteiger partial charge in [0.15, 0.2) is 0 Å². The summed E-state index contributed by atoms with van der Waals surface area (Å²) in [6.45, 7) is 11.1. The topological polar surface area (TPSA) is 114 Å². The molecule has 3 atom stereocenters. The largest absolute Gasteiger partial charge is 0.459 e. The Labute approximate surface area is 243 Å². The smallest absolute Gasteiger partial charge is 0.408 e. The van der Waals surface area contributed by atoms with E-state index in [1.54, 1.807) is 34.6 Å². The van der Waals surface area contributed by atoms with Crippen LogP contribution in [0.4, 0.5) is 4.79 Å². The molecule has 9 nitrogen and oxygen atoms in total. The molecule has 3 rings (SSSR count). The summed E-state index contributed by atoms with van der Waals surface area (Å²) in [7, 11) is 0. The van der Waals surface area contributed by atoms with Crippen LogP contribution in [0.25, 0.3) is 0 Å². The molecule has 2 N–H and O–H groups in total. The molecule has 3 amide bonds. The van der Waals surface area contributed by atoms with Crippen LogP contribution in [0.5, 0.6) is 0 Å². The van der Waals surface area contributed by atoms with E-state index < -0.39 is 41.2 Å². The number of carbonyl (C=O) groups is 4. The van der Waals surface area contributed by atoms with Crippen molar-refractivity contribution in [2.24, 2.45) is 0 Å². The maximum atomic E-state index is 14.0. The monoisotopic (exact) mass is 565 g/mol. The lowest BCUT2D eigenvalue weighted by Gasteiger charge is -2.33. The lowest BCUT2D eigenvalue weighted by molar-refractivity contribution is -0.155. The van der Waals surface area contributed by atoms with Crippen molar-refractivity contribution in [2.45, 2.75) is 97.1 Å². The molecule has 222 valence electrons. The minimum Gasteiger partial charge on any atom is -0.459 e. The van der Waals surface area contributed by atoms with Crippen LogP contribution in [0.2, 0.25) is 0 Å². The highest BCUT2D eigenvalue weighted by Crippen LogP contribution is 2.22. The third-order valence-electron chi connectivity index (χ3n) is 7.18. The van der Waals surface area contributed by atoms with Crippen LogP contribution in [-0.2, 0) is 36.9 Å². The Bertz CT molecular complexity index is 1210. The first-order chi connectivity index (χ1) is 19.3. The number of nitrogens with zero attached hydrogens (tertiary/aromatic N) is 1. The zero-order chi connectivity index (χ0) is 30.2. The Morgan fingerprint density at radius 2 is 1.63 bits per heavy atom. The van der Waals surface area contributed by atoms with Crippen molar-refractivity contribution >= 4 is 23.9 Å². The highest BCUT2D eigenvalue weighted by Gasteiger charge is 2.41. The number of nitrogens with one attached hydrogen (secondary N) is 2. The van der Waals surface area contributed by atoms with E-state index in [1.807, 2.05) is 61.5 Å². The van der Waals surface area contributed by atoms with E-state index >= 15 is 0 Å². The third kappa shape index (κ3) is 9.06. The van der Waals surface area contributed by atoms with Crippen LogP contribution in [0.1, 0.15) is 70.6 Å². The van der Waals surface area contributed by atoms with Crippen LogP contribution in [0.3, 0.4) is 0 Å². The summed E-state index contributed by atoms with van der Waals surface area (Å²) in [5.74, 6) is -1.35. The van der Waals surface area contributed by atoms with Gasteiger partial charge in [-0.25, -0.2) is 9.59 Å². The molecule has 1 saturated heterocycles. The number of carbonyl (C=O) groups excluding carboxylic acids is 4. The second-order valence-electron chi connectivity index (χ2n) is 11.8. The maximum Gasteiger partial charge on any atom is 0.408 e. The van der Waals surface area contributed by atoms with Gasteiger partial charge in [0.05, 0.1) is 0 Å². The average Bonchev–Trinajstić information content (AvgIpc) is 3.41. The van der Waals surface area contributed by atoms with Gasteiger partial charge in [-0.3, -0.25) is 9.59 Å². The number of amides is 3. The van der Waals surface area contributed by atoms with E-state index in [1.165, 1.54) is 4.90 Å². The van der Waals surface area contributed by atoms with Gasteiger partial charge >= 0.3 is 12.1 Å². The minimum absolute atomic E-state index is 0.118. The highest BCUT2D eigenvalue weighted by atomic mass is 16.6. The second kappa shape index (κ2) is 13.7. The molecule has 0 aliphatic carbocycles. The second-order valence-corrected chi connectivity index (χ2v) is 11.8. The minimum atomic E-state index is -1.33. The first-order valence-corrected chi connectivity index (χ1v) is 14.2. The van der Waals surface area contributed by atoms with Crippen molar-refractivity contribution in [3.8, 4) is 0 Å². The molecule has 2 aromatic rings. The molecule has 9 heteroatoms. The molecule has 1 heterocycles. The van der Waals surface area contributed by atoms with E-state index in [4.69, 9.17) is 9.47 Å². The van der Waals surface area contributed by atoms with Gasteiger partial charge in [0.1, 0.15) is 29.8 Å².